The summed E-state index contributed by atoms with van der Waals surface area (Å²) in [7, 11) is 0. The van der Waals surface area contributed by atoms with E-state index in [9.17, 15) is 22.0 Å². The van der Waals surface area contributed by atoms with Crippen LogP contribution in [-0.4, -0.2) is 45.2 Å². The summed E-state index contributed by atoms with van der Waals surface area (Å²) in [6.07, 6.45) is -1.49. The van der Waals surface area contributed by atoms with Crippen LogP contribution in [0.4, 0.5) is 27.8 Å². The Morgan fingerprint density at radius 1 is 1.10 bits per heavy atom. The van der Waals surface area contributed by atoms with Gasteiger partial charge in [-0.15, -0.1) is 0 Å². The van der Waals surface area contributed by atoms with Crippen LogP contribution >= 0.6 is 0 Å². The predicted molar refractivity (Wildman–Crippen MR) is 104 cm³/mol. The minimum atomic E-state index is -4.65. The average Bonchev–Trinajstić information content (AvgIpc) is 3.18. The molecule has 10 heteroatoms. The first kappa shape index (κ1) is 20.7. The number of nitrogens with zero attached hydrogens (tertiary/aromatic N) is 4. The molecular formula is C21H24F5N5. The molecule has 2 aromatic heterocycles. The van der Waals surface area contributed by atoms with Gasteiger partial charge in [0.1, 0.15) is 12.4 Å². The summed E-state index contributed by atoms with van der Waals surface area (Å²) in [5, 5.41) is 4.24. The van der Waals surface area contributed by atoms with Crippen molar-refractivity contribution >= 4 is 5.82 Å². The number of pyridine rings is 1. The van der Waals surface area contributed by atoms with Crippen molar-refractivity contribution in [2.75, 3.05) is 18.8 Å². The molecule has 2 saturated carbocycles. The summed E-state index contributed by atoms with van der Waals surface area (Å²) < 4.78 is 67.3. The summed E-state index contributed by atoms with van der Waals surface area (Å²) >= 11 is 0. The lowest BCUT2D eigenvalue weighted by atomic mass is 10.0. The maximum absolute atomic E-state index is 13.2. The van der Waals surface area contributed by atoms with Crippen LogP contribution < -0.4 is 5.73 Å². The van der Waals surface area contributed by atoms with Crippen molar-refractivity contribution in [3.05, 3.63) is 29.6 Å². The second-order valence-electron chi connectivity index (χ2n) is 8.90. The smallest absolute Gasteiger partial charge is 0.383 e. The van der Waals surface area contributed by atoms with Crippen LogP contribution in [0.5, 0.6) is 0 Å². The molecule has 168 valence electrons. The molecule has 0 amide bonds. The van der Waals surface area contributed by atoms with Gasteiger partial charge in [-0.05, 0) is 62.7 Å². The van der Waals surface area contributed by atoms with Gasteiger partial charge in [-0.3, -0.25) is 4.68 Å². The highest BCUT2D eigenvalue weighted by Gasteiger charge is 2.58. The Morgan fingerprint density at radius 2 is 1.77 bits per heavy atom. The Morgan fingerprint density at radius 3 is 2.39 bits per heavy atom. The summed E-state index contributed by atoms with van der Waals surface area (Å²) in [4.78, 5) is 6.18. The molecule has 2 aromatic rings. The van der Waals surface area contributed by atoms with Crippen LogP contribution in [-0.2, 0) is 12.7 Å². The zero-order valence-electron chi connectivity index (χ0n) is 16.8. The van der Waals surface area contributed by atoms with E-state index in [1.54, 1.807) is 6.07 Å². The number of hydrogen-bond acceptors (Lipinski definition) is 4. The van der Waals surface area contributed by atoms with Crippen LogP contribution in [0.15, 0.2) is 18.3 Å². The molecule has 0 bridgehead atoms. The molecule has 2 unspecified atom stereocenters. The Balaban J connectivity index is 1.41. The number of halogens is 5. The lowest BCUT2D eigenvalue weighted by Crippen LogP contribution is -2.31. The van der Waals surface area contributed by atoms with Crippen molar-refractivity contribution in [3.63, 3.8) is 0 Å². The van der Waals surface area contributed by atoms with Gasteiger partial charge in [0.15, 0.2) is 0 Å². The van der Waals surface area contributed by atoms with Crippen molar-refractivity contribution in [2.45, 2.75) is 56.8 Å². The van der Waals surface area contributed by atoms with Crippen LogP contribution in [0.2, 0.25) is 0 Å². The number of alkyl halides is 5. The Bertz CT molecular complexity index is 954. The fraction of sp³-hybridized carbons (Fsp3) is 0.619. The Labute approximate surface area is 176 Å². The van der Waals surface area contributed by atoms with Gasteiger partial charge in [0, 0.05) is 29.4 Å². The van der Waals surface area contributed by atoms with Crippen LogP contribution in [0.1, 0.15) is 42.9 Å². The molecule has 31 heavy (non-hydrogen) atoms. The van der Waals surface area contributed by atoms with Crippen molar-refractivity contribution in [3.8, 4) is 11.3 Å². The quantitative estimate of drug-likeness (QED) is 0.699. The third-order valence-electron chi connectivity index (χ3n) is 7.06. The van der Waals surface area contributed by atoms with E-state index in [-0.39, 0.29) is 17.2 Å². The summed E-state index contributed by atoms with van der Waals surface area (Å²) in [6.45, 7) is 1.69. The van der Waals surface area contributed by atoms with E-state index in [1.165, 1.54) is 23.7 Å². The van der Waals surface area contributed by atoms with E-state index in [1.807, 2.05) is 0 Å². The second-order valence-corrected chi connectivity index (χ2v) is 8.90. The normalized spacial score (nSPS) is 28.5. The number of likely N-dealkylation sites (tertiary alicyclic amines) is 1. The number of rotatable bonds is 5. The third-order valence-corrected chi connectivity index (χ3v) is 7.06. The number of nitrogen functional groups attached to an aromatic ring is 1. The molecule has 2 N–H and O–H groups in total. The summed E-state index contributed by atoms with van der Waals surface area (Å²) in [5.74, 6) is 0.388. The first-order valence-corrected chi connectivity index (χ1v) is 10.7. The number of fused-ring (bicyclic) bond motifs is 1. The van der Waals surface area contributed by atoms with E-state index >= 15 is 0 Å². The van der Waals surface area contributed by atoms with Gasteiger partial charge >= 0.3 is 6.18 Å². The molecule has 0 aromatic carbocycles. The van der Waals surface area contributed by atoms with E-state index < -0.39 is 30.5 Å². The predicted octanol–water partition coefficient (Wildman–Crippen LogP) is 4.40. The highest BCUT2D eigenvalue weighted by Crippen LogP contribution is 2.64. The van der Waals surface area contributed by atoms with Crippen molar-refractivity contribution < 1.29 is 22.0 Å². The first-order chi connectivity index (χ1) is 14.7. The van der Waals surface area contributed by atoms with E-state index in [2.05, 4.69) is 15.0 Å². The van der Waals surface area contributed by atoms with Gasteiger partial charge in [-0.2, -0.15) is 18.3 Å². The third kappa shape index (κ3) is 3.79. The average molecular weight is 441 g/mol. The molecular weight excluding hydrogens is 417 g/mol. The molecule has 3 aliphatic rings. The summed E-state index contributed by atoms with van der Waals surface area (Å²) in [6, 6.07) is 3.11. The Kier molecular flexibility index (Phi) is 4.95. The van der Waals surface area contributed by atoms with E-state index in [0.29, 0.717) is 23.6 Å². The number of aromatic nitrogens is 3. The van der Waals surface area contributed by atoms with Gasteiger partial charge in [-0.25, -0.2) is 13.8 Å². The van der Waals surface area contributed by atoms with Crippen molar-refractivity contribution in [2.24, 2.45) is 11.8 Å². The molecule has 1 aliphatic heterocycles. The molecule has 3 heterocycles. The minimum Gasteiger partial charge on any atom is -0.383 e. The molecule has 1 saturated heterocycles. The molecule has 2 aliphatic carbocycles. The van der Waals surface area contributed by atoms with Gasteiger partial charge in [0.05, 0.1) is 11.3 Å². The van der Waals surface area contributed by atoms with Crippen LogP contribution in [0.25, 0.3) is 11.3 Å². The fourth-order valence-corrected chi connectivity index (χ4v) is 5.62. The monoisotopic (exact) mass is 441 g/mol. The van der Waals surface area contributed by atoms with Gasteiger partial charge < -0.3 is 10.6 Å². The van der Waals surface area contributed by atoms with Crippen molar-refractivity contribution in [1.29, 1.82) is 0 Å². The standard InChI is InChI=1S/C21H24F5N5/c22-18(23)10-31-17(19-13-6-12(7-14(13)19)30-3-1-2-4-30)8-16(29-31)11-5-15(21(24,25)26)20(27)28-9-11/h5,8-9,12-14,18-19H,1-4,6-7,10H2,(H2,27,28). The molecule has 0 radical (unpaired) electrons. The van der Waals surface area contributed by atoms with Gasteiger partial charge in [-0.1, -0.05) is 0 Å². The Hall–Kier alpha value is -2.23. The molecule has 3 fully saturated rings. The lowest BCUT2D eigenvalue weighted by Gasteiger charge is -2.25. The number of anilines is 1. The SMILES string of the molecule is Nc1ncc(-c2cc(C3C4CC(N5CCCC5)CC43)n(CC(F)F)n2)cc1C(F)(F)F. The largest absolute Gasteiger partial charge is 0.419 e. The zero-order chi connectivity index (χ0) is 21.9. The van der Waals surface area contributed by atoms with E-state index in [4.69, 9.17) is 5.73 Å². The van der Waals surface area contributed by atoms with Gasteiger partial charge in [0.25, 0.3) is 6.43 Å². The maximum atomic E-state index is 13.2. The molecule has 0 spiro atoms. The minimum absolute atomic E-state index is 0.122. The number of hydrogen-bond donors (Lipinski definition) is 1. The highest BCUT2D eigenvalue weighted by molar-refractivity contribution is 5.63. The second kappa shape index (κ2) is 7.43. The molecule has 5 nitrogen and oxygen atoms in total. The maximum Gasteiger partial charge on any atom is 0.419 e. The summed E-state index contributed by atoms with van der Waals surface area (Å²) in [5.41, 5.74) is 5.36. The van der Waals surface area contributed by atoms with Crippen LogP contribution in [0, 0.1) is 11.8 Å². The van der Waals surface area contributed by atoms with Crippen molar-refractivity contribution in [1.82, 2.24) is 19.7 Å². The molecule has 5 rings (SSSR count). The van der Waals surface area contributed by atoms with Gasteiger partial charge in [0.2, 0.25) is 0 Å². The number of nitrogens with two attached hydrogens (primary N) is 1. The molecule has 2 atom stereocenters. The zero-order valence-corrected chi connectivity index (χ0v) is 16.8. The lowest BCUT2D eigenvalue weighted by molar-refractivity contribution is -0.137. The van der Waals surface area contributed by atoms with Crippen LogP contribution in [0.3, 0.4) is 0 Å². The topological polar surface area (TPSA) is 60.0 Å². The first-order valence-electron chi connectivity index (χ1n) is 10.7. The van der Waals surface area contributed by atoms with E-state index in [0.717, 1.165) is 32.0 Å². The fourth-order valence-electron chi connectivity index (χ4n) is 5.62. The highest BCUT2D eigenvalue weighted by atomic mass is 19.4.